The number of Topliss-reactive ketones (excluding diaryl/α,β-unsaturated/α-hetero) is 1. The number of hydrogen-bond acceptors (Lipinski definition) is 3. The van der Waals surface area contributed by atoms with Gasteiger partial charge in [-0.2, -0.15) is 0 Å². The van der Waals surface area contributed by atoms with Gasteiger partial charge in [0.1, 0.15) is 17.6 Å². The predicted molar refractivity (Wildman–Crippen MR) is 104 cm³/mol. The fraction of sp³-hybridized carbons (Fsp3) is 0.478. The normalized spacial score (nSPS) is 24.7. The molecule has 1 atom stereocenters. The number of carbonyl (C=O) groups excluding carboxylic acids is 2. The number of aromatic nitrogens is 1. The van der Waals surface area contributed by atoms with Gasteiger partial charge in [-0.3, -0.25) is 4.79 Å². The van der Waals surface area contributed by atoms with E-state index in [1.165, 1.54) is 12.1 Å². The van der Waals surface area contributed by atoms with Crippen LogP contribution in [0, 0.1) is 18.7 Å². The average molecular weight is 383 g/mol. The van der Waals surface area contributed by atoms with E-state index in [4.69, 9.17) is 4.74 Å². The lowest BCUT2D eigenvalue weighted by molar-refractivity contribution is 0.0167. The number of rotatable bonds is 3. The number of H-pyrrole nitrogens is 1. The summed E-state index contributed by atoms with van der Waals surface area (Å²) in [4.78, 5) is 28.7. The van der Waals surface area contributed by atoms with Gasteiger partial charge in [-0.1, -0.05) is 19.1 Å². The van der Waals surface area contributed by atoms with Crippen molar-refractivity contribution in [1.29, 1.82) is 0 Å². The minimum atomic E-state index is -0.363. The van der Waals surface area contributed by atoms with E-state index in [0.717, 1.165) is 36.9 Å². The van der Waals surface area contributed by atoms with Crippen molar-refractivity contribution in [2.75, 3.05) is 0 Å². The third kappa shape index (κ3) is 3.62. The van der Waals surface area contributed by atoms with Crippen LogP contribution in [0.4, 0.5) is 4.39 Å². The maximum Gasteiger partial charge on any atom is 0.355 e. The highest BCUT2D eigenvalue weighted by atomic mass is 19.1. The molecule has 0 radical (unpaired) electrons. The maximum atomic E-state index is 13.2. The molecule has 0 spiro atoms. The third-order valence-corrected chi connectivity index (χ3v) is 6.27. The molecule has 1 aromatic heterocycles. The summed E-state index contributed by atoms with van der Waals surface area (Å²) >= 11 is 0. The predicted octanol–water partition coefficient (Wildman–Crippen LogP) is 5.11. The number of nitrogens with one attached hydrogen (secondary N) is 1. The molecule has 1 aromatic carbocycles. The minimum Gasteiger partial charge on any atom is -0.458 e. The van der Waals surface area contributed by atoms with Gasteiger partial charge >= 0.3 is 5.97 Å². The molecule has 4 nitrogen and oxygen atoms in total. The van der Waals surface area contributed by atoms with E-state index in [0.29, 0.717) is 35.6 Å². The quantitative estimate of drug-likeness (QED) is 0.749. The molecule has 0 saturated heterocycles. The molecule has 1 heterocycles. The van der Waals surface area contributed by atoms with Crippen molar-refractivity contribution < 1.29 is 18.7 Å². The highest BCUT2D eigenvalue weighted by Crippen LogP contribution is 2.35. The zero-order valence-electron chi connectivity index (χ0n) is 16.4. The first-order valence-electron chi connectivity index (χ1n) is 10.1. The van der Waals surface area contributed by atoms with E-state index >= 15 is 0 Å². The second kappa shape index (κ2) is 7.53. The molecular weight excluding hydrogens is 357 g/mol. The van der Waals surface area contributed by atoms with Gasteiger partial charge in [-0.25, -0.2) is 9.18 Å². The van der Waals surface area contributed by atoms with Crippen LogP contribution >= 0.6 is 0 Å². The summed E-state index contributed by atoms with van der Waals surface area (Å²) in [6.45, 7) is 4.04. The number of esters is 1. The van der Waals surface area contributed by atoms with Crippen molar-refractivity contribution in [2.45, 2.75) is 64.4 Å². The van der Waals surface area contributed by atoms with Crippen LogP contribution < -0.4 is 0 Å². The van der Waals surface area contributed by atoms with Gasteiger partial charge in [0.15, 0.2) is 5.78 Å². The molecule has 0 unspecified atom stereocenters. The summed E-state index contributed by atoms with van der Waals surface area (Å²) in [5, 5.41) is 0. The van der Waals surface area contributed by atoms with E-state index in [1.807, 2.05) is 6.92 Å². The highest BCUT2D eigenvalue weighted by Gasteiger charge is 2.33. The van der Waals surface area contributed by atoms with Crippen molar-refractivity contribution in [2.24, 2.45) is 5.92 Å². The van der Waals surface area contributed by atoms with Crippen molar-refractivity contribution in [3.05, 3.63) is 58.2 Å². The smallest absolute Gasteiger partial charge is 0.355 e. The van der Waals surface area contributed by atoms with Crippen LogP contribution in [-0.4, -0.2) is 22.8 Å². The van der Waals surface area contributed by atoms with Gasteiger partial charge in [-0.05, 0) is 74.1 Å². The molecule has 2 aliphatic rings. The van der Waals surface area contributed by atoms with Gasteiger partial charge < -0.3 is 9.72 Å². The molecule has 5 heteroatoms. The van der Waals surface area contributed by atoms with Crippen LogP contribution in [0.2, 0.25) is 0 Å². The van der Waals surface area contributed by atoms with Gasteiger partial charge in [0.2, 0.25) is 0 Å². The standard InChI is InChI=1S/C23H26FNO3/c1-13-3-9-18(10-4-13)28-23(27)22-14(2)21-19(25-22)11-16(12-20(21)26)15-5-7-17(24)8-6-15/h5-8,13,16,18,25H,3-4,9-12H2,1-2H3/t13?,16-,18?/m1/s1. The number of ketones is 1. The number of halogens is 1. The Balaban J connectivity index is 1.53. The average Bonchev–Trinajstić information content (AvgIpc) is 3.01. The van der Waals surface area contributed by atoms with Crippen molar-refractivity contribution in [3.63, 3.8) is 0 Å². The fourth-order valence-corrected chi connectivity index (χ4v) is 4.57. The first-order valence-corrected chi connectivity index (χ1v) is 10.1. The van der Waals surface area contributed by atoms with Gasteiger partial charge in [-0.15, -0.1) is 0 Å². The minimum absolute atomic E-state index is 0.0117. The second-order valence-electron chi connectivity index (χ2n) is 8.35. The van der Waals surface area contributed by atoms with Gasteiger partial charge in [0, 0.05) is 17.7 Å². The van der Waals surface area contributed by atoms with Crippen LogP contribution in [0.3, 0.4) is 0 Å². The van der Waals surface area contributed by atoms with E-state index < -0.39 is 0 Å². The molecular formula is C23H26FNO3. The van der Waals surface area contributed by atoms with Crippen LogP contribution in [0.25, 0.3) is 0 Å². The van der Waals surface area contributed by atoms with E-state index in [-0.39, 0.29) is 29.6 Å². The summed E-state index contributed by atoms with van der Waals surface area (Å²) in [6.07, 6.45) is 4.92. The maximum absolute atomic E-state index is 13.2. The Morgan fingerprint density at radius 1 is 1.11 bits per heavy atom. The van der Waals surface area contributed by atoms with Crippen LogP contribution in [0.15, 0.2) is 24.3 Å². The second-order valence-corrected chi connectivity index (χ2v) is 8.35. The van der Waals surface area contributed by atoms with E-state index in [9.17, 15) is 14.0 Å². The monoisotopic (exact) mass is 383 g/mol. The van der Waals surface area contributed by atoms with Crippen molar-refractivity contribution >= 4 is 11.8 Å². The summed E-state index contributed by atoms with van der Waals surface area (Å²) in [7, 11) is 0. The largest absolute Gasteiger partial charge is 0.458 e. The van der Waals surface area contributed by atoms with Gasteiger partial charge in [0.25, 0.3) is 0 Å². The summed E-state index contributed by atoms with van der Waals surface area (Å²) in [5.74, 6) is 0.0507. The molecule has 28 heavy (non-hydrogen) atoms. The summed E-state index contributed by atoms with van der Waals surface area (Å²) < 4.78 is 18.9. The lowest BCUT2D eigenvalue weighted by Gasteiger charge is -2.25. The number of carbonyl (C=O) groups is 2. The molecule has 1 saturated carbocycles. The zero-order valence-corrected chi connectivity index (χ0v) is 16.4. The van der Waals surface area contributed by atoms with Crippen molar-refractivity contribution in [3.8, 4) is 0 Å². The molecule has 0 bridgehead atoms. The molecule has 0 aliphatic heterocycles. The molecule has 148 valence electrons. The third-order valence-electron chi connectivity index (χ3n) is 6.27. The molecule has 4 rings (SSSR count). The topological polar surface area (TPSA) is 59.2 Å². The molecule has 2 aromatic rings. The number of benzene rings is 1. The fourth-order valence-electron chi connectivity index (χ4n) is 4.57. The molecule has 2 aliphatic carbocycles. The van der Waals surface area contributed by atoms with Gasteiger partial charge in [0.05, 0.1) is 0 Å². The Kier molecular flexibility index (Phi) is 5.09. The number of ether oxygens (including phenoxy) is 1. The SMILES string of the molecule is Cc1c(C(=O)OC2CCC(C)CC2)[nH]c2c1C(=O)C[C@H](c1ccc(F)cc1)C2. The van der Waals surface area contributed by atoms with Crippen molar-refractivity contribution in [1.82, 2.24) is 4.98 Å². The zero-order chi connectivity index (χ0) is 19.8. The lowest BCUT2D eigenvalue weighted by atomic mass is 9.81. The Morgan fingerprint density at radius 3 is 2.46 bits per heavy atom. The summed E-state index contributed by atoms with van der Waals surface area (Å²) in [5.41, 5.74) is 3.44. The van der Waals surface area contributed by atoms with Crippen LogP contribution in [-0.2, 0) is 11.2 Å². The lowest BCUT2D eigenvalue weighted by Crippen LogP contribution is -2.24. The van der Waals surface area contributed by atoms with Crippen LogP contribution in [0.1, 0.15) is 82.6 Å². The number of fused-ring (bicyclic) bond motifs is 1. The molecule has 1 N–H and O–H groups in total. The first-order chi connectivity index (χ1) is 13.4. The Hall–Kier alpha value is -2.43. The van der Waals surface area contributed by atoms with E-state index in [2.05, 4.69) is 11.9 Å². The molecule has 1 fully saturated rings. The number of hydrogen-bond donors (Lipinski definition) is 1. The van der Waals surface area contributed by atoms with E-state index in [1.54, 1.807) is 12.1 Å². The first kappa shape index (κ1) is 18.9. The van der Waals surface area contributed by atoms with Crippen LogP contribution in [0.5, 0.6) is 0 Å². The highest BCUT2D eigenvalue weighted by molar-refractivity contribution is 6.03. The Morgan fingerprint density at radius 2 is 1.79 bits per heavy atom. The number of aromatic amines is 1. The summed E-state index contributed by atoms with van der Waals surface area (Å²) in [6, 6.07) is 6.30. The Bertz CT molecular complexity index is 891. The Labute approximate surface area is 164 Å². The molecule has 0 amide bonds.